The molecular weight excluding hydrogens is 346 g/mol. The van der Waals surface area contributed by atoms with Crippen molar-refractivity contribution in [1.29, 1.82) is 0 Å². The highest BCUT2D eigenvalue weighted by atomic mass is 32.2. The van der Waals surface area contributed by atoms with E-state index in [0.717, 1.165) is 21.9 Å². The second kappa shape index (κ2) is 6.75. The van der Waals surface area contributed by atoms with E-state index in [1.807, 2.05) is 24.3 Å². The van der Waals surface area contributed by atoms with Crippen LogP contribution in [0.25, 0.3) is 0 Å². The SMILES string of the molecule is CS(=O)(=O)N1C=CNC(=O)C1CC(=O)N[C@@H]1CCOc2ccccc21. The summed E-state index contributed by atoms with van der Waals surface area (Å²) in [5, 5.41) is 5.30. The maximum absolute atomic E-state index is 12.4. The number of rotatable bonds is 4. The molecule has 25 heavy (non-hydrogen) atoms. The van der Waals surface area contributed by atoms with Crippen molar-refractivity contribution < 1.29 is 22.7 Å². The normalized spacial score (nSPS) is 22.6. The van der Waals surface area contributed by atoms with Gasteiger partial charge in [-0.3, -0.25) is 13.9 Å². The molecule has 0 saturated carbocycles. The molecule has 2 amide bonds. The smallest absolute Gasteiger partial charge is 0.248 e. The highest BCUT2D eigenvalue weighted by molar-refractivity contribution is 7.88. The van der Waals surface area contributed by atoms with E-state index in [4.69, 9.17) is 4.74 Å². The second-order valence-electron chi connectivity index (χ2n) is 5.93. The number of ether oxygens (including phenoxy) is 1. The molecular formula is C16H19N3O5S. The maximum atomic E-state index is 12.4. The highest BCUT2D eigenvalue weighted by Gasteiger charge is 2.34. The van der Waals surface area contributed by atoms with Crippen LogP contribution in [-0.2, 0) is 19.6 Å². The molecule has 0 radical (unpaired) electrons. The molecule has 2 aliphatic rings. The molecule has 1 aromatic rings. The summed E-state index contributed by atoms with van der Waals surface area (Å²) in [7, 11) is -3.65. The molecule has 1 aromatic carbocycles. The Morgan fingerprint density at radius 2 is 2.16 bits per heavy atom. The lowest BCUT2D eigenvalue weighted by molar-refractivity contribution is -0.129. The zero-order valence-corrected chi connectivity index (χ0v) is 14.5. The Hall–Kier alpha value is -2.55. The van der Waals surface area contributed by atoms with Gasteiger partial charge in [0.15, 0.2) is 0 Å². The molecule has 3 rings (SSSR count). The molecule has 0 bridgehead atoms. The fraction of sp³-hybridized carbons (Fsp3) is 0.375. The average Bonchev–Trinajstić information content (AvgIpc) is 2.56. The van der Waals surface area contributed by atoms with Crippen LogP contribution in [0.1, 0.15) is 24.4 Å². The van der Waals surface area contributed by atoms with Crippen LogP contribution in [0.15, 0.2) is 36.7 Å². The van der Waals surface area contributed by atoms with Gasteiger partial charge in [0.05, 0.1) is 25.3 Å². The summed E-state index contributed by atoms with van der Waals surface area (Å²) in [6, 6.07) is 6.08. The first-order valence-corrected chi connectivity index (χ1v) is 9.68. The first kappa shape index (κ1) is 17.3. The summed E-state index contributed by atoms with van der Waals surface area (Å²) in [5.41, 5.74) is 0.870. The third kappa shape index (κ3) is 3.76. The van der Waals surface area contributed by atoms with Crippen LogP contribution in [0.5, 0.6) is 5.75 Å². The first-order chi connectivity index (χ1) is 11.9. The van der Waals surface area contributed by atoms with Crippen LogP contribution in [-0.4, -0.2) is 43.4 Å². The van der Waals surface area contributed by atoms with E-state index in [1.54, 1.807) is 0 Å². The van der Waals surface area contributed by atoms with Crippen molar-refractivity contribution in [3.63, 3.8) is 0 Å². The lowest BCUT2D eigenvalue weighted by atomic mass is 10.00. The van der Waals surface area contributed by atoms with Crippen LogP contribution in [0.4, 0.5) is 0 Å². The minimum Gasteiger partial charge on any atom is -0.493 e. The number of sulfonamides is 1. The molecule has 8 nitrogen and oxygen atoms in total. The summed E-state index contributed by atoms with van der Waals surface area (Å²) >= 11 is 0. The first-order valence-electron chi connectivity index (χ1n) is 7.83. The molecule has 0 aromatic heterocycles. The Kier molecular flexibility index (Phi) is 4.67. The Balaban J connectivity index is 1.72. The standard InChI is InChI=1S/C16H19N3O5S/c1-25(22,23)19-8-7-17-16(21)13(19)10-15(20)18-12-6-9-24-14-5-3-2-4-11(12)14/h2-5,7-8,12-13H,6,9-10H2,1H3,(H,17,21)(H,18,20)/t12-,13?/m1/s1. The molecule has 2 aliphatic heterocycles. The lowest BCUT2D eigenvalue weighted by Gasteiger charge is -2.31. The molecule has 9 heteroatoms. The number of nitrogens with one attached hydrogen (secondary N) is 2. The molecule has 2 atom stereocenters. The molecule has 0 spiro atoms. The predicted molar refractivity (Wildman–Crippen MR) is 89.8 cm³/mol. The van der Waals surface area contributed by atoms with Crippen molar-refractivity contribution in [2.75, 3.05) is 12.9 Å². The van der Waals surface area contributed by atoms with Gasteiger partial charge in [-0.2, -0.15) is 0 Å². The second-order valence-corrected chi connectivity index (χ2v) is 7.82. The van der Waals surface area contributed by atoms with E-state index >= 15 is 0 Å². The van der Waals surface area contributed by atoms with Crippen LogP contribution in [0.2, 0.25) is 0 Å². The summed E-state index contributed by atoms with van der Waals surface area (Å²) in [6.45, 7) is 0.476. The predicted octanol–water partition coefficient (Wildman–Crippen LogP) is 0.248. The number of para-hydroxylation sites is 1. The van der Waals surface area contributed by atoms with E-state index in [0.29, 0.717) is 13.0 Å². The van der Waals surface area contributed by atoms with Crippen molar-refractivity contribution in [3.05, 3.63) is 42.2 Å². The number of carbonyl (C=O) groups is 2. The Bertz CT molecular complexity index is 821. The quantitative estimate of drug-likeness (QED) is 0.796. The summed E-state index contributed by atoms with van der Waals surface area (Å²) in [6.07, 6.45) is 3.83. The summed E-state index contributed by atoms with van der Waals surface area (Å²) < 4.78 is 30.1. The van der Waals surface area contributed by atoms with E-state index < -0.39 is 27.9 Å². The third-order valence-electron chi connectivity index (χ3n) is 4.11. The number of benzene rings is 1. The van der Waals surface area contributed by atoms with Crippen molar-refractivity contribution in [1.82, 2.24) is 14.9 Å². The van der Waals surface area contributed by atoms with Gasteiger partial charge in [-0.15, -0.1) is 0 Å². The molecule has 0 aliphatic carbocycles. The van der Waals surface area contributed by atoms with Crippen LogP contribution < -0.4 is 15.4 Å². The number of fused-ring (bicyclic) bond motifs is 1. The van der Waals surface area contributed by atoms with Gasteiger partial charge < -0.3 is 15.4 Å². The number of hydrogen-bond donors (Lipinski definition) is 2. The van der Waals surface area contributed by atoms with Gasteiger partial charge in [-0.05, 0) is 6.07 Å². The summed E-state index contributed by atoms with van der Waals surface area (Å²) in [5.74, 6) is -0.212. The number of hydrogen-bond acceptors (Lipinski definition) is 5. The zero-order valence-electron chi connectivity index (χ0n) is 13.6. The Morgan fingerprint density at radius 3 is 2.92 bits per heavy atom. The molecule has 1 unspecified atom stereocenters. The van der Waals surface area contributed by atoms with E-state index in [1.165, 1.54) is 12.4 Å². The minimum absolute atomic E-state index is 0.230. The molecule has 2 N–H and O–H groups in total. The Labute approximate surface area is 145 Å². The number of nitrogens with zero attached hydrogens (tertiary/aromatic N) is 1. The van der Waals surface area contributed by atoms with Gasteiger partial charge in [0.2, 0.25) is 21.8 Å². The number of amides is 2. The average molecular weight is 365 g/mol. The summed E-state index contributed by atoms with van der Waals surface area (Å²) in [4.78, 5) is 24.4. The van der Waals surface area contributed by atoms with Crippen LogP contribution in [0, 0.1) is 0 Å². The third-order valence-corrected chi connectivity index (χ3v) is 5.25. The van der Waals surface area contributed by atoms with E-state index in [9.17, 15) is 18.0 Å². The van der Waals surface area contributed by atoms with Gasteiger partial charge >= 0.3 is 0 Å². The van der Waals surface area contributed by atoms with E-state index in [-0.39, 0.29) is 12.5 Å². The Morgan fingerprint density at radius 1 is 1.40 bits per heavy atom. The molecule has 2 heterocycles. The van der Waals surface area contributed by atoms with Crippen molar-refractivity contribution >= 4 is 21.8 Å². The van der Waals surface area contributed by atoms with Gasteiger partial charge in [0.25, 0.3) is 0 Å². The van der Waals surface area contributed by atoms with Crippen LogP contribution in [0.3, 0.4) is 0 Å². The van der Waals surface area contributed by atoms with Crippen molar-refractivity contribution in [3.8, 4) is 5.75 Å². The minimum atomic E-state index is -3.65. The largest absolute Gasteiger partial charge is 0.493 e. The molecule has 134 valence electrons. The fourth-order valence-electron chi connectivity index (χ4n) is 2.95. The van der Waals surface area contributed by atoms with Gasteiger partial charge in [-0.25, -0.2) is 8.42 Å². The molecule has 0 fully saturated rings. The van der Waals surface area contributed by atoms with Gasteiger partial charge in [0, 0.05) is 24.4 Å². The van der Waals surface area contributed by atoms with Crippen molar-refractivity contribution in [2.24, 2.45) is 0 Å². The highest BCUT2D eigenvalue weighted by Crippen LogP contribution is 2.31. The lowest BCUT2D eigenvalue weighted by Crippen LogP contribution is -2.51. The topological polar surface area (TPSA) is 105 Å². The van der Waals surface area contributed by atoms with Crippen LogP contribution >= 0.6 is 0 Å². The van der Waals surface area contributed by atoms with Gasteiger partial charge in [-0.1, -0.05) is 18.2 Å². The van der Waals surface area contributed by atoms with E-state index in [2.05, 4.69) is 10.6 Å². The van der Waals surface area contributed by atoms with Gasteiger partial charge in [0.1, 0.15) is 11.8 Å². The zero-order chi connectivity index (χ0) is 18.0. The fourth-order valence-corrected chi connectivity index (χ4v) is 3.87. The molecule has 0 saturated heterocycles. The maximum Gasteiger partial charge on any atom is 0.248 e. The van der Waals surface area contributed by atoms with Crippen molar-refractivity contribution in [2.45, 2.75) is 24.9 Å². The monoisotopic (exact) mass is 365 g/mol. The number of carbonyl (C=O) groups excluding carboxylic acids is 2.